The molecule has 1 aromatic rings. The van der Waals surface area contributed by atoms with Gasteiger partial charge in [0.2, 0.25) is 0 Å². The number of rotatable bonds is 2. The van der Waals surface area contributed by atoms with Crippen molar-refractivity contribution in [2.24, 2.45) is 0 Å². The molecule has 1 N–H and O–H groups in total. The average molecular weight is 284 g/mol. The fraction of sp³-hybridized carbons (Fsp3) is 0.417. The molecule has 2 rings (SSSR count). The van der Waals surface area contributed by atoms with Gasteiger partial charge < -0.3 is 10.0 Å². The molecule has 1 saturated heterocycles. The van der Waals surface area contributed by atoms with Gasteiger partial charge in [-0.05, 0) is 24.1 Å². The van der Waals surface area contributed by atoms with Crippen LogP contribution in [0.4, 0.5) is 0 Å². The molecule has 3 nitrogen and oxygen atoms in total. The lowest BCUT2D eigenvalue weighted by atomic mass is 10.1. The van der Waals surface area contributed by atoms with Crippen molar-refractivity contribution in [3.8, 4) is 0 Å². The van der Waals surface area contributed by atoms with Gasteiger partial charge in [-0.25, -0.2) is 0 Å². The number of likely N-dealkylation sites (tertiary alicyclic amines) is 1. The Morgan fingerprint density at radius 3 is 2.62 bits per heavy atom. The van der Waals surface area contributed by atoms with Crippen LogP contribution >= 0.6 is 15.9 Å². The van der Waals surface area contributed by atoms with Gasteiger partial charge in [0.25, 0.3) is 5.91 Å². The molecule has 1 aromatic carbocycles. The van der Waals surface area contributed by atoms with Gasteiger partial charge >= 0.3 is 0 Å². The molecule has 1 atom stereocenters. The number of nitrogens with zero attached hydrogens (tertiary/aromatic N) is 1. The normalized spacial score (nSPS) is 20.1. The van der Waals surface area contributed by atoms with Gasteiger partial charge in [0.1, 0.15) is 0 Å². The summed E-state index contributed by atoms with van der Waals surface area (Å²) < 4.78 is 0. The number of carbonyl (C=O) groups excluding carboxylic acids is 1. The zero-order chi connectivity index (χ0) is 11.5. The van der Waals surface area contributed by atoms with Gasteiger partial charge in [-0.2, -0.15) is 0 Å². The number of alkyl halides is 1. The van der Waals surface area contributed by atoms with Gasteiger partial charge in [-0.3, -0.25) is 4.79 Å². The second kappa shape index (κ2) is 4.97. The van der Waals surface area contributed by atoms with Crippen LogP contribution in [0.1, 0.15) is 22.3 Å². The second-order valence-electron chi connectivity index (χ2n) is 4.02. The highest BCUT2D eigenvalue weighted by molar-refractivity contribution is 9.08. The van der Waals surface area contributed by atoms with E-state index in [1.165, 1.54) is 0 Å². The molecule has 1 aliphatic heterocycles. The predicted octanol–water partition coefficient (Wildman–Crippen LogP) is 1.79. The van der Waals surface area contributed by atoms with Crippen LogP contribution in [-0.4, -0.2) is 35.1 Å². The summed E-state index contributed by atoms with van der Waals surface area (Å²) in [5.41, 5.74) is 1.84. The van der Waals surface area contributed by atoms with Gasteiger partial charge in [-0.15, -0.1) is 0 Å². The molecule has 86 valence electrons. The molecule has 0 aromatic heterocycles. The summed E-state index contributed by atoms with van der Waals surface area (Å²) in [5.74, 6) is 0.0117. The van der Waals surface area contributed by atoms with E-state index < -0.39 is 0 Å². The van der Waals surface area contributed by atoms with Crippen molar-refractivity contribution in [2.75, 3.05) is 13.1 Å². The average Bonchev–Trinajstić information content (AvgIpc) is 2.75. The molecule has 0 bridgehead atoms. The highest BCUT2D eigenvalue weighted by Gasteiger charge is 2.25. The standard InChI is InChI=1S/C12H14BrNO2/c13-7-9-1-3-10(4-2-9)12(16)14-6-5-11(15)8-14/h1-4,11,15H,5-8H2/t11-/m0/s1. The minimum absolute atomic E-state index is 0.0117. The highest BCUT2D eigenvalue weighted by Crippen LogP contribution is 2.14. The van der Waals surface area contributed by atoms with Crippen LogP contribution in [0.5, 0.6) is 0 Å². The van der Waals surface area contributed by atoms with Gasteiger partial charge in [0.05, 0.1) is 6.10 Å². The van der Waals surface area contributed by atoms with Crippen LogP contribution in [0.3, 0.4) is 0 Å². The van der Waals surface area contributed by atoms with Gasteiger partial charge in [0.15, 0.2) is 0 Å². The summed E-state index contributed by atoms with van der Waals surface area (Å²) in [6, 6.07) is 7.55. The number of benzene rings is 1. The van der Waals surface area contributed by atoms with Crippen LogP contribution in [0, 0.1) is 0 Å². The summed E-state index contributed by atoms with van der Waals surface area (Å²) >= 11 is 3.36. The molecule has 0 spiro atoms. The maximum absolute atomic E-state index is 12.0. The summed E-state index contributed by atoms with van der Waals surface area (Å²) in [4.78, 5) is 13.7. The molecule has 16 heavy (non-hydrogen) atoms. The first-order valence-electron chi connectivity index (χ1n) is 5.33. The maximum atomic E-state index is 12.0. The lowest BCUT2D eigenvalue weighted by molar-refractivity contribution is 0.0765. The first-order chi connectivity index (χ1) is 7.70. The second-order valence-corrected chi connectivity index (χ2v) is 4.58. The molecule has 1 heterocycles. The van der Waals surface area contributed by atoms with E-state index >= 15 is 0 Å². The van der Waals surface area contributed by atoms with E-state index in [1.807, 2.05) is 24.3 Å². The summed E-state index contributed by atoms with van der Waals surface area (Å²) in [6.45, 7) is 1.11. The number of halogens is 1. The lowest BCUT2D eigenvalue weighted by Crippen LogP contribution is -2.29. The predicted molar refractivity (Wildman–Crippen MR) is 65.6 cm³/mol. The van der Waals surface area contributed by atoms with Gasteiger partial charge in [-0.1, -0.05) is 28.1 Å². The van der Waals surface area contributed by atoms with Crippen LogP contribution in [0.25, 0.3) is 0 Å². The Morgan fingerprint density at radius 1 is 1.44 bits per heavy atom. The molecule has 1 amide bonds. The lowest BCUT2D eigenvalue weighted by Gasteiger charge is -2.15. The molecule has 0 unspecified atom stereocenters. The van der Waals surface area contributed by atoms with Gasteiger partial charge in [0, 0.05) is 24.0 Å². The molecule has 0 aliphatic carbocycles. The maximum Gasteiger partial charge on any atom is 0.253 e. The monoisotopic (exact) mass is 283 g/mol. The Balaban J connectivity index is 2.08. The summed E-state index contributed by atoms with van der Waals surface area (Å²) in [7, 11) is 0. The quantitative estimate of drug-likeness (QED) is 0.841. The van der Waals surface area contributed by atoms with Crippen molar-refractivity contribution in [2.45, 2.75) is 17.9 Å². The van der Waals surface area contributed by atoms with E-state index in [-0.39, 0.29) is 12.0 Å². The van der Waals surface area contributed by atoms with E-state index in [1.54, 1.807) is 4.90 Å². The molecular weight excluding hydrogens is 270 g/mol. The van der Waals surface area contributed by atoms with Crippen molar-refractivity contribution >= 4 is 21.8 Å². The number of aliphatic hydroxyl groups is 1. The first kappa shape index (κ1) is 11.6. The Hall–Kier alpha value is -0.870. The molecule has 1 aliphatic rings. The zero-order valence-corrected chi connectivity index (χ0v) is 10.5. The Morgan fingerprint density at radius 2 is 2.12 bits per heavy atom. The van der Waals surface area contributed by atoms with Crippen molar-refractivity contribution in [1.29, 1.82) is 0 Å². The molecule has 0 saturated carbocycles. The van der Waals surface area contributed by atoms with E-state index in [2.05, 4.69) is 15.9 Å². The molecular formula is C12H14BrNO2. The van der Waals surface area contributed by atoms with Crippen molar-refractivity contribution < 1.29 is 9.90 Å². The third-order valence-electron chi connectivity index (χ3n) is 2.81. The van der Waals surface area contributed by atoms with Crippen LogP contribution in [0.2, 0.25) is 0 Å². The van der Waals surface area contributed by atoms with Crippen LogP contribution in [0.15, 0.2) is 24.3 Å². The number of β-amino-alcohol motifs (C(OH)–C–C–N with tert-alkyl or cyclic N) is 1. The van der Waals surface area contributed by atoms with E-state index in [4.69, 9.17) is 0 Å². The zero-order valence-electron chi connectivity index (χ0n) is 8.90. The van der Waals surface area contributed by atoms with E-state index in [9.17, 15) is 9.90 Å². The Bertz CT molecular complexity index is 377. The van der Waals surface area contributed by atoms with Crippen LogP contribution in [-0.2, 0) is 5.33 Å². The summed E-state index contributed by atoms with van der Waals surface area (Å²) in [6.07, 6.45) is 0.330. The molecule has 1 fully saturated rings. The minimum Gasteiger partial charge on any atom is -0.391 e. The fourth-order valence-corrected chi connectivity index (χ4v) is 2.22. The first-order valence-corrected chi connectivity index (χ1v) is 6.45. The van der Waals surface area contributed by atoms with Crippen LogP contribution < -0.4 is 0 Å². The topological polar surface area (TPSA) is 40.5 Å². The van der Waals surface area contributed by atoms with E-state index in [0.29, 0.717) is 25.1 Å². The highest BCUT2D eigenvalue weighted by atomic mass is 79.9. The number of hydrogen-bond donors (Lipinski definition) is 1. The number of amides is 1. The van der Waals surface area contributed by atoms with Crippen molar-refractivity contribution in [3.05, 3.63) is 35.4 Å². The number of hydrogen-bond acceptors (Lipinski definition) is 2. The molecule has 0 radical (unpaired) electrons. The SMILES string of the molecule is O=C(c1ccc(CBr)cc1)N1CC[C@H](O)C1. The van der Waals surface area contributed by atoms with E-state index in [0.717, 1.165) is 10.9 Å². The third-order valence-corrected chi connectivity index (χ3v) is 3.45. The largest absolute Gasteiger partial charge is 0.391 e. The third kappa shape index (κ3) is 2.44. The Labute approximate surface area is 103 Å². The minimum atomic E-state index is -0.356. The molecule has 4 heteroatoms. The number of carbonyl (C=O) groups is 1. The smallest absolute Gasteiger partial charge is 0.253 e. The van der Waals surface area contributed by atoms with Crippen molar-refractivity contribution in [3.63, 3.8) is 0 Å². The van der Waals surface area contributed by atoms with Crippen molar-refractivity contribution in [1.82, 2.24) is 4.90 Å². The fourth-order valence-electron chi connectivity index (χ4n) is 1.85. The summed E-state index contributed by atoms with van der Waals surface area (Å²) in [5, 5.41) is 10.2. The number of aliphatic hydroxyl groups excluding tert-OH is 1. The Kier molecular flexibility index (Phi) is 3.61.